The Bertz CT molecular complexity index is 285. The first kappa shape index (κ1) is 9.36. The highest BCUT2D eigenvalue weighted by molar-refractivity contribution is 5.36. The van der Waals surface area contributed by atoms with Crippen LogP contribution in [-0.4, -0.2) is 40.7 Å². The summed E-state index contributed by atoms with van der Waals surface area (Å²) in [6, 6.07) is 3.62. The average molecular weight is 195 g/mol. The van der Waals surface area contributed by atoms with E-state index in [4.69, 9.17) is 4.74 Å². The molecule has 1 fully saturated rings. The average Bonchev–Trinajstić information content (AvgIpc) is 2.69. The number of rotatable bonds is 3. The van der Waals surface area contributed by atoms with Crippen molar-refractivity contribution in [2.24, 2.45) is 0 Å². The summed E-state index contributed by atoms with van der Waals surface area (Å²) in [4.78, 5) is 0. The fourth-order valence-corrected chi connectivity index (χ4v) is 1.51. The first-order chi connectivity index (χ1) is 6.85. The van der Waals surface area contributed by atoms with Crippen LogP contribution in [0.1, 0.15) is 6.42 Å². The van der Waals surface area contributed by atoms with Crippen molar-refractivity contribution in [1.29, 1.82) is 0 Å². The lowest BCUT2D eigenvalue weighted by atomic mass is 10.0. The zero-order chi connectivity index (χ0) is 9.86. The van der Waals surface area contributed by atoms with Gasteiger partial charge in [0.25, 0.3) is 0 Å². The van der Waals surface area contributed by atoms with Gasteiger partial charge in [-0.15, -0.1) is 5.10 Å². The molecule has 0 amide bonds. The minimum Gasteiger partial charge on any atom is -0.394 e. The van der Waals surface area contributed by atoms with Crippen LogP contribution in [-0.2, 0) is 4.74 Å². The van der Waals surface area contributed by atoms with Gasteiger partial charge in [0.15, 0.2) is 0 Å². The van der Waals surface area contributed by atoms with E-state index >= 15 is 0 Å². The van der Waals surface area contributed by atoms with Gasteiger partial charge < -0.3 is 15.2 Å². The molecule has 0 bridgehead atoms. The van der Waals surface area contributed by atoms with Gasteiger partial charge in [-0.3, -0.25) is 0 Å². The van der Waals surface area contributed by atoms with Crippen LogP contribution in [0.15, 0.2) is 18.3 Å². The zero-order valence-corrected chi connectivity index (χ0v) is 7.81. The van der Waals surface area contributed by atoms with E-state index in [0.717, 1.165) is 6.42 Å². The molecule has 2 heterocycles. The van der Waals surface area contributed by atoms with Gasteiger partial charge in [0.05, 0.1) is 18.8 Å². The molecule has 0 aromatic carbocycles. The minimum atomic E-state index is -0.379. The molecule has 1 aliphatic heterocycles. The third-order valence-corrected chi connectivity index (χ3v) is 2.37. The maximum absolute atomic E-state index is 9.29. The van der Waals surface area contributed by atoms with Crippen LogP contribution in [0, 0.1) is 0 Å². The second kappa shape index (κ2) is 3.89. The van der Waals surface area contributed by atoms with Crippen LogP contribution in [0.4, 0.5) is 5.82 Å². The Morgan fingerprint density at radius 3 is 3.14 bits per heavy atom. The molecule has 0 saturated carbocycles. The molecule has 14 heavy (non-hydrogen) atoms. The van der Waals surface area contributed by atoms with Gasteiger partial charge in [-0.1, -0.05) is 0 Å². The Morgan fingerprint density at radius 2 is 2.57 bits per heavy atom. The van der Waals surface area contributed by atoms with Crippen molar-refractivity contribution in [3.05, 3.63) is 18.3 Å². The fraction of sp³-hybridized carbons (Fsp3) is 0.556. The van der Waals surface area contributed by atoms with Crippen molar-refractivity contribution >= 4 is 5.82 Å². The highest BCUT2D eigenvalue weighted by atomic mass is 16.5. The molecule has 5 nitrogen and oxygen atoms in total. The Labute approximate surface area is 82.1 Å². The van der Waals surface area contributed by atoms with Gasteiger partial charge in [-0.05, 0) is 18.6 Å². The first-order valence-corrected chi connectivity index (χ1v) is 4.59. The van der Waals surface area contributed by atoms with Crippen LogP contribution >= 0.6 is 0 Å². The van der Waals surface area contributed by atoms with E-state index in [9.17, 15) is 5.11 Å². The van der Waals surface area contributed by atoms with Crippen molar-refractivity contribution in [2.45, 2.75) is 12.0 Å². The van der Waals surface area contributed by atoms with Crippen LogP contribution in [0.2, 0.25) is 0 Å². The number of hydrogen-bond acceptors (Lipinski definition) is 5. The summed E-state index contributed by atoms with van der Waals surface area (Å²) in [5, 5.41) is 20.1. The van der Waals surface area contributed by atoms with Gasteiger partial charge in [0, 0.05) is 12.8 Å². The third-order valence-electron chi connectivity index (χ3n) is 2.37. The normalized spacial score (nSPS) is 26.4. The van der Waals surface area contributed by atoms with Crippen molar-refractivity contribution in [3.63, 3.8) is 0 Å². The topological polar surface area (TPSA) is 67.3 Å². The Hall–Kier alpha value is -1.20. The van der Waals surface area contributed by atoms with Crippen LogP contribution < -0.4 is 5.32 Å². The van der Waals surface area contributed by atoms with E-state index in [-0.39, 0.29) is 12.1 Å². The summed E-state index contributed by atoms with van der Waals surface area (Å²) in [5.74, 6) is 0.673. The second-order valence-electron chi connectivity index (χ2n) is 3.47. The Morgan fingerprint density at radius 1 is 1.64 bits per heavy atom. The number of aliphatic hydroxyl groups is 1. The number of aliphatic hydroxyl groups excluding tert-OH is 1. The van der Waals surface area contributed by atoms with Gasteiger partial charge in [0.1, 0.15) is 5.82 Å². The largest absolute Gasteiger partial charge is 0.394 e. The highest BCUT2D eigenvalue weighted by Crippen LogP contribution is 2.22. The molecular formula is C9H13N3O2. The number of hydrogen-bond donors (Lipinski definition) is 2. The first-order valence-electron chi connectivity index (χ1n) is 4.59. The van der Waals surface area contributed by atoms with E-state index < -0.39 is 0 Å². The Kier molecular flexibility index (Phi) is 2.60. The van der Waals surface area contributed by atoms with Crippen LogP contribution in [0.25, 0.3) is 0 Å². The number of nitrogens with one attached hydrogen (secondary N) is 1. The summed E-state index contributed by atoms with van der Waals surface area (Å²) in [6.07, 6.45) is 2.40. The van der Waals surface area contributed by atoms with Gasteiger partial charge in [-0.2, -0.15) is 5.10 Å². The molecule has 1 aliphatic rings. The molecule has 0 aliphatic carbocycles. The van der Waals surface area contributed by atoms with Crippen molar-refractivity contribution in [1.82, 2.24) is 10.2 Å². The van der Waals surface area contributed by atoms with Gasteiger partial charge in [-0.25, -0.2) is 0 Å². The van der Waals surface area contributed by atoms with Gasteiger partial charge >= 0.3 is 0 Å². The van der Waals surface area contributed by atoms with Crippen LogP contribution in [0.3, 0.4) is 0 Å². The minimum absolute atomic E-state index is 0.0452. The molecule has 1 aromatic rings. The molecule has 2 N–H and O–H groups in total. The zero-order valence-electron chi connectivity index (χ0n) is 7.81. The summed E-state index contributed by atoms with van der Waals surface area (Å²) in [7, 11) is 0. The van der Waals surface area contributed by atoms with E-state index in [1.165, 1.54) is 0 Å². The maximum Gasteiger partial charge on any atom is 0.149 e. The maximum atomic E-state index is 9.29. The van der Waals surface area contributed by atoms with Crippen molar-refractivity contribution < 1.29 is 9.84 Å². The van der Waals surface area contributed by atoms with Crippen LogP contribution in [0.5, 0.6) is 0 Å². The molecule has 1 atom stereocenters. The monoisotopic (exact) mass is 195 g/mol. The quantitative estimate of drug-likeness (QED) is 0.712. The second-order valence-corrected chi connectivity index (χ2v) is 3.47. The fourth-order valence-electron chi connectivity index (χ4n) is 1.51. The Balaban J connectivity index is 2.08. The van der Waals surface area contributed by atoms with E-state index in [1.807, 2.05) is 6.07 Å². The number of nitrogens with zero attached hydrogens (tertiary/aromatic N) is 2. The molecule has 76 valence electrons. The number of aromatic nitrogens is 2. The van der Waals surface area contributed by atoms with E-state index in [0.29, 0.717) is 19.0 Å². The van der Waals surface area contributed by atoms with E-state index in [2.05, 4.69) is 15.5 Å². The standard InChI is InChI=1S/C9H13N3O2/c13-6-9(3-5-14-7-9)11-8-2-1-4-10-12-8/h1-2,4,13H,3,5-7H2,(H,11,12). The summed E-state index contributed by atoms with van der Waals surface area (Å²) in [6.45, 7) is 1.23. The lowest BCUT2D eigenvalue weighted by Crippen LogP contribution is -2.42. The summed E-state index contributed by atoms with van der Waals surface area (Å²) in [5.41, 5.74) is -0.379. The molecule has 1 saturated heterocycles. The lowest BCUT2D eigenvalue weighted by molar-refractivity contribution is 0.152. The predicted octanol–water partition coefficient (Wildman–Crippen LogP) is 0.0399. The highest BCUT2D eigenvalue weighted by Gasteiger charge is 2.34. The summed E-state index contributed by atoms with van der Waals surface area (Å²) >= 11 is 0. The SMILES string of the molecule is OCC1(Nc2cccnn2)CCOC1. The molecular weight excluding hydrogens is 182 g/mol. The molecule has 1 aromatic heterocycles. The van der Waals surface area contributed by atoms with Gasteiger partial charge in [0.2, 0.25) is 0 Å². The van der Waals surface area contributed by atoms with E-state index in [1.54, 1.807) is 12.3 Å². The number of anilines is 1. The molecule has 0 radical (unpaired) electrons. The molecule has 5 heteroatoms. The predicted molar refractivity (Wildman–Crippen MR) is 50.9 cm³/mol. The lowest BCUT2D eigenvalue weighted by Gasteiger charge is -2.26. The van der Waals surface area contributed by atoms with Crippen molar-refractivity contribution in [2.75, 3.05) is 25.1 Å². The smallest absolute Gasteiger partial charge is 0.149 e. The number of ether oxygens (including phenoxy) is 1. The van der Waals surface area contributed by atoms with Crippen molar-refractivity contribution in [3.8, 4) is 0 Å². The molecule has 1 unspecified atom stereocenters. The molecule has 2 rings (SSSR count). The summed E-state index contributed by atoms with van der Waals surface area (Å²) < 4.78 is 5.25. The molecule has 0 spiro atoms. The third kappa shape index (κ3) is 1.83.